The first kappa shape index (κ1) is 20.9. The molecule has 0 heterocycles. The van der Waals surface area contributed by atoms with E-state index < -0.39 is 11.7 Å². The lowest BCUT2D eigenvalue weighted by atomic mass is 9.97. The van der Waals surface area contributed by atoms with Gasteiger partial charge in [-0.25, -0.2) is 0 Å². The van der Waals surface area contributed by atoms with Crippen LogP contribution in [0.3, 0.4) is 0 Å². The minimum atomic E-state index is -1.02. The van der Waals surface area contributed by atoms with Crippen molar-refractivity contribution in [1.82, 2.24) is 0 Å². The SMILES string of the molecule is C=C[C@@](C)(O)C[C@@H](O)/C=C(\C)CC/C=C(\C)CCC=C(C)C. The van der Waals surface area contributed by atoms with Crippen LogP contribution >= 0.6 is 0 Å². The number of aliphatic hydroxyl groups excluding tert-OH is 1. The van der Waals surface area contributed by atoms with Crippen LogP contribution < -0.4 is 0 Å². The predicted octanol–water partition coefficient (Wildman–Crippen LogP) is 5.09. The van der Waals surface area contributed by atoms with Crippen LogP contribution in [0.5, 0.6) is 0 Å². The summed E-state index contributed by atoms with van der Waals surface area (Å²) in [6.45, 7) is 13.7. The molecule has 0 rings (SSSR count). The lowest BCUT2D eigenvalue weighted by Gasteiger charge is -2.20. The normalized spacial score (nSPS) is 16.9. The summed E-state index contributed by atoms with van der Waals surface area (Å²) >= 11 is 0. The van der Waals surface area contributed by atoms with Gasteiger partial charge in [-0.1, -0.05) is 41.0 Å². The number of hydrogen-bond donors (Lipinski definition) is 2. The molecule has 2 atom stereocenters. The molecule has 22 heavy (non-hydrogen) atoms. The van der Waals surface area contributed by atoms with E-state index >= 15 is 0 Å². The Balaban J connectivity index is 4.21. The number of rotatable bonds is 10. The first-order valence-electron chi connectivity index (χ1n) is 8.16. The summed E-state index contributed by atoms with van der Waals surface area (Å²) in [4.78, 5) is 0. The Morgan fingerprint density at radius 2 is 1.59 bits per heavy atom. The highest BCUT2D eigenvalue weighted by Gasteiger charge is 2.19. The van der Waals surface area contributed by atoms with Crippen molar-refractivity contribution in [1.29, 1.82) is 0 Å². The smallest absolute Gasteiger partial charge is 0.0824 e. The highest BCUT2D eigenvalue weighted by Crippen LogP contribution is 2.17. The van der Waals surface area contributed by atoms with Crippen molar-refractivity contribution in [2.24, 2.45) is 0 Å². The van der Waals surface area contributed by atoms with Gasteiger partial charge in [0.25, 0.3) is 0 Å². The number of hydrogen-bond acceptors (Lipinski definition) is 2. The minimum absolute atomic E-state index is 0.283. The first-order chi connectivity index (χ1) is 10.2. The summed E-state index contributed by atoms with van der Waals surface area (Å²) in [5.74, 6) is 0. The van der Waals surface area contributed by atoms with Crippen LogP contribution in [0.2, 0.25) is 0 Å². The van der Waals surface area contributed by atoms with Gasteiger partial charge in [0, 0.05) is 6.42 Å². The van der Waals surface area contributed by atoms with Crippen LogP contribution in [-0.4, -0.2) is 21.9 Å². The zero-order valence-electron chi connectivity index (χ0n) is 15.0. The summed E-state index contributed by atoms with van der Waals surface area (Å²) in [5, 5.41) is 19.8. The Morgan fingerprint density at radius 3 is 2.14 bits per heavy atom. The summed E-state index contributed by atoms with van der Waals surface area (Å²) in [6, 6.07) is 0. The van der Waals surface area contributed by atoms with Crippen molar-refractivity contribution in [3.63, 3.8) is 0 Å². The Kier molecular flexibility index (Phi) is 10.0. The third-order valence-electron chi connectivity index (χ3n) is 3.66. The van der Waals surface area contributed by atoms with Gasteiger partial charge in [0.1, 0.15) is 0 Å². The number of aliphatic hydroxyl groups is 2. The molecule has 0 radical (unpaired) electrons. The summed E-state index contributed by atoms with van der Waals surface area (Å²) < 4.78 is 0. The van der Waals surface area contributed by atoms with Gasteiger partial charge in [0.2, 0.25) is 0 Å². The van der Waals surface area contributed by atoms with Crippen molar-refractivity contribution in [2.75, 3.05) is 0 Å². The molecular weight excluding hydrogens is 272 g/mol. The van der Waals surface area contributed by atoms with E-state index in [1.807, 2.05) is 13.0 Å². The van der Waals surface area contributed by atoms with Crippen molar-refractivity contribution >= 4 is 0 Å². The summed E-state index contributed by atoms with van der Waals surface area (Å²) in [6.07, 6.45) is 11.7. The Hall–Kier alpha value is -1.12. The predicted molar refractivity (Wildman–Crippen MR) is 96.9 cm³/mol. The van der Waals surface area contributed by atoms with Gasteiger partial charge >= 0.3 is 0 Å². The van der Waals surface area contributed by atoms with E-state index in [1.165, 1.54) is 17.2 Å². The molecule has 2 N–H and O–H groups in total. The minimum Gasteiger partial charge on any atom is -0.389 e. The molecule has 2 nitrogen and oxygen atoms in total. The van der Waals surface area contributed by atoms with Crippen molar-refractivity contribution in [3.8, 4) is 0 Å². The standard InChI is InChI=1S/C20H34O2/c1-7-20(6,22)15-19(21)14-18(5)13-9-12-17(4)11-8-10-16(2)3/h7,10,12,14,19,21-22H,1,8-9,11,13,15H2,2-6H3/b17-12+,18-14+/t19-,20+/m0/s1. The molecule has 0 bridgehead atoms. The van der Waals surface area contributed by atoms with Gasteiger partial charge in [0.05, 0.1) is 11.7 Å². The third-order valence-corrected chi connectivity index (χ3v) is 3.66. The van der Waals surface area contributed by atoms with E-state index in [1.54, 1.807) is 6.92 Å². The maximum absolute atomic E-state index is 9.96. The van der Waals surface area contributed by atoms with E-state index in [2.05, 4.69) is 39.5 Å². The van der Waals surface area contributed by atoms with Crippen LogP contribution in [0, 0.1) is 0 Å². The first-order valence-corrected chi connectivity index (χ1v) is 8.16. The monoisotopic (exact) mass is 306 g/mol. The maximum atomic E-state index is 9.96. The molecule has 2 heteroatoms. The van der Waals surface area contributed by atoms with Gasteiger partial charge in [-0.3, -0.25) is 0 Å². The Bertz CT molecular complexity index is 421. The van der Waals surface area contributed by atoms with Gasteiger partial charge in [-0.2, -0.15) is 0 Å². The Morgan fingerprint density at radius 1 is 1.05 bits per heavy atom. The van der Waals surface area contributed by atoms with Gasteiger partial charge < -0.3 is 10.2 Å². The molecule has 126 valence electrons. The lowest BCUT2D eigenvalue weighted by Crippen LogP contribution is -2.26. The van der Waals surface area contributed by atoms with Gasteiger partial charge in [-0.05, 0) is 60.3 Å². The van der Waals surface area contributed by atoms with Crippen molar-refractivity contribution < 1.29 is 10.2 Å². The molecule has 0 saturated heterocycles. The van der Waals surface area contributed by atoms with E-state index in [0.717, 1.165) is 31.3 Å². The molecule has 0 aromatic rings. The van der Waals surface area contributed by atoms with Crippen LogP contribution in [0.4, 0.5) is 0 Å². The molecular formula is C20H34O2. The molecule has 0 fully saturated rings. The van der Waals surface area contributed by atoms with Crippen LogP contribution in [0.25, 0.3) is 0 Å². The van der Waals surface area contributed by atoms with Gasteiger partial charge in [0.15, 0.2) is 0 Å². The van der Waals surface area contributed by atoms with Crippen molar-refractivity contribution in [3.05, 3.63) is 47.6 Å². The number of allylic oxidation sites excluding steroid dienone is 5. The van der Waals surface area contributed by atoms with E-state index in [-0.39, 0.29) is 6.42 Å². The van der Waals surface area contributed by atoms with Crippen LogP contribution in [0.1, 0.15) is 66.7 Å². The molecule has 0 spiro atoms. The fraction of sp³-hybridized carbons (Fsp3) is 0.600. The highest BCUT2D eigenvalue weighted by molar-refractivity contribution is 5.08. The second kappa shape index (κ2) is 10.6. The van der Waals surface area contributed by atoms with Crippen LogP contribution in [0.15, 0.2) is 47.6 Å². The molecule has 0 aromatic carbocycles. The lowest BCUT2D eigenvalue weighted by molar-refractivity contribution is 0.0574. The van der Waals surface area contributed by atoms with Crippen molar-refractivity contribution in [2.45, 2.75) is 78.4 Å². The largest absolute Gasteiger partial charge is 0.389 e. The van der Waals surface area contributed by atoms with E-state index in [4.69, 9.17) is 0 Å². The zero-order valence-corrected chi connectivity index (χ0v) is 15.0. The summed E-state index contributed by atoms with van der Waals surface area (Å²) in [5.41, 5.74) is 2.93. The maximum Gasteiger partial charge on any atom is 0.0824 e. The molecule has 0 amide bonds. The van der Waals surface area contributed by atoms with E-state index in [0.29, 0.717) is 0 Å². The fourth-order valence-corrected chi connectivity index (χ4v) is 2.21. The Labute approximate surface area is 137 Å². The third kappa shape index (κ3) is 11.5. The average Bonchev–Trinajstić information content (AvgIpc) is 2.37. The second-order valence-corrected chi connectivity index (χ2v) is 6.76. The topological polar surface area (TPSA) is 40.5 Å². The van der Waals surface area contributed by atoms with Gasteiger partial charge in [-0.15, -0.1) is 6.58 Å². The average molecular weight is 306 g/mol. The van der Waals surface area contributed by atoms with Crippen LogP contribution in [-0.2, 0) is 0 Å². The molecule has 0 aromatic heterocycles. The fourth-order valence-electron chi connectivity index (χ4n) is 2.21. The molecule has 0 aliphatic heterocycles. The zero-order chi connectivity index (χ0) is 17.2. The molecule has 0 saturated carbocycles. The highest BCUT2D eigenvalue weighted by atomic mass is 16.3. The summed E-state index contributed by atoms with van der Waals surface area (Å²) in [7, 11) is 0. The molecule has 0 unspecified atom stereocenters. The molecule has 0 aliphatic rings. The second-order valence-electron chi connectivity index (χ2n) is 6.76. The molecule has 0 aliphatic carbocycles. The quantitative estimate of drug-likeness (QED) is 0.552. The van der Waals surface area contributed by atoms with E-state index in [9.17, 15) is 10.2 Å².